The van der Waals surface area contributed by atoms with Gasteiger partial charge in [0.15, 0.2) is 0 Å². The molecule has 1 saturated carbocycles. The molecule has 3 heterocycles. The lowest BCUT2D eigenvalue weighted by Crippen LogP contribution is -2.39. The van der Waals surface area contributed by atoms with Gasteiger partial charge in [0, 0.05) is 32.0 Å². The SMILES string of the molecule is Cc1noc2nc(CCC(=O)NC3CCCC3)nc(N3C[C@H](C)C[C@@H](C)C3)c12. The molecular formula is C21H31N5O2. The highest BCUT2D eigenvalue weighted by Gasteiger charge is 2.27. The number of amides is 1. The molecule has 4 rings (SSSR count). The Kier molecular flexibility index (Phi) is 5.51. The van der Waals surface area contributed by atoms with Crippen LogP contribution in [0.5, 0.6) is 0 Å². The number of aryl methyl sites for hydroxylation is 2. The maximum Gasteiger partial charge on any atom is 0.263 e. The van der Waals surface area contributed by atoms with E-state index in [1.54, 1.807) is 0 Å². The number of carbonyl (C=O) groups excluding carboxylic acids is 1. The number of piperidine rings is 1. The lowest BCUT2D eigenvalue weighted by Gasteiger charge is -2.36. The summed E-state index contributed by atoms with van der Waals surface area (Å²) in [5, 5.41) is 8.15. The van der Waals surface area contributed by atoms with Crippen molar-refractivity contribution in [2.45, 2.75) is 71.8 Å². The van der Waals surface area contributed by atoms with Crippen LogP contribution in [0.4, 0.5) is 5.82 Å². The highest BCUT2D eigenvalue weighted by atomic mass is 16.5. The zero-order chi connectivity index (χ0) is 19.7. The molecule has 2 fully saturated rings. The van der Waals surface area contributed by atoms with E-state index in [-0.39, 0.29) is 5.91 Å². The van der Waals surface area contributed by atoms with E-state index in [2.05, 4.69) is 34.2 Å². The van der Waals surface area contributed by atoms with E-state index in [9.17, 15) is 4.79 Å². The Morgan fingerprint density at radius 3 is 2.61 bits per heavy atom. The van der Waals surface area contributed by atoms with Gasteiger partial charge in [-0.1, -0.05) is 31.8 Å². The third kappa shape index (κ3) is 4.13. The predicted molar refractivity (Wildman–Crippen MR) is 108 cm³/mol. The minimum Gasteiger partial charge on any atom is -0.355 e. The second-order valence-electron chi connectivity index (χ2n) is 8.81. The average Bonchev–Trinajstić information content (AvgIpc) is 3.28. The Balaban J connectivity index is 1.53. The zero-order valence-corrected chi connectivity index (χ0v) is 17.2. The molecule has 28 heavy (non-hydrogen) atoms. The molecule has 1 N–H and O–H groups in total. The van der Waals surface area contributed by atoms with Crippen molar-refractivity contribution in [1.29, 1.82) is 0 Å². The van der Waals surface area contributed by atoms with Crippen LogP contribution in [0.3, 0.4) is 0 Å². The maximum absolute atomic E-state index is 12.3. The number of anilines is 1. The summed E-state index contributed by atoms with van der Waals surface area (Å²) in [6.45, 7) is 8.46. The Morgan fingerprint density at radius 1 is 1.18 bits per heavy atom. The first-order valence-corrected chi connectivity index (χ1v) is 10.7. The van der Waals surface area contributed by atoms with Crippen LogP contribution in [0.15, 0.2) is 4.52 Å². The monoisotopic (exact) mass is 385 g/mol. The second kappa shape index (κ2) is 8.05. The smallest absolute Gasteiger partial charge is 0.263 e. The quantitative estimate of drug-likeness (QED) is 0.849. The summed E-state index contributed by atoms with van der Waals surface area (Å²) >= 11 is 0. The van der Waals surface area contributed by atoms with Gasteiger partial charge in [-0.15, -0.1) is 0 Å². The van der Waals surface area contributed by atoms with Crippen molar-refractivity contribution >= 4 is 22.8 Å². The molecule has 1 aliphatic heterocycles. The normalized spacial score (nSPS) is 23.5. The third-order valence-electron chi connectivity index (χ3n) is 6.00. The van der Waals surface area contributed by atoms with Gasteiger partial charge in [0.2, 0.25) is 5.91 Å². The summed E-state index contributed by atoms with van der Waals surface area (Å²) in [6.07, 6.45) is 6.78. The fraction of sp³-hybridized carbons (Fsp3) is 0.714. The summed E-state index contributed by atoms with van der Waals surface area (Å²) in [5.74, 6) is 2.90. The predicted octanol–water partition coefficient (Wildman–Crippen LogP) is 3.40. The fourth-order valence-corrected chi connectivity index (χ4v) is 4.78. The lowest BCUT2D eigenvalue weighted by atomic mass is 9.92. The molecule has 1 aliphatic carbocycles. The molecule has 2 aromatic rings. The van der Waals surface area contributed by atoms with Crippen molar-refractivity contribution in [3.63, 3.8) is 0 Å². The maximum atomic E-state index is 12.3. The molecule has 0 aromatic carbocycles. The third-order valence-corrected chi connectivity index (χ3v) is 6.00. The molecule has 7 nitrogen and oxygen atoms in total. The van der Waals surface area contributed by atoms with Gasteiger partial charge in [0.1, 0.15) is 17.0 Å². The molecule has 7 heteroatoms. The van der Waals surface area contributed by atoms with E-state index in [1.807, 2.05) is 6.92 Å². The van der Waals surface area contributed by atoms with Crippen molar-refractivity contribution in [2.75, 3.05) is 18.0 Å². The summed E-state index contributed by atoms with van der Waals surface area (Å²) < 4.78 is 5.46. The summed E-state index contributed by atoms with van der Waals surface area (Å²) in [7, 11) is 0. The van der Waals surface area contributed by atoms with E-state index < -0.39 is 0 Å². The van der Waals surface area contributed by atoms with Gasteiger partial charge in [-0.2, -0.15) is 4.98 Å². The van der Waals surface area contributed by atoms with Crippen LogP contribution < -0.4 is 10.2 Å². The van der Waals surface area contributed by atoms with Crippen LogP contribution >= 0.6 is 0 Å². The molecule has 0 spiro atoms. The van der Waals surface area contributed by atoms with Crippen LogP contribution in [0.25, 0.3) is 11.1 Å². The van der Waals surface area contributed by atoms with Gasteiger partial charge in [-0.05, 0) is 38.0 Å². The van der Waals surface area contributed by atoms with Crippen LogP contribution in [0.2, 0.25) is 0 Å². The molecule has 1 amide bonds. The number of hydrogen-bond acceptors (Lipinski definition) is 6. The van der Waals surface area contributed by atoms with Gasteiger partial charge in [0.05, 0.1) is 5.69 Å². The zero-order valence-electron chi connectivity index (χ0n) is 17.2. The van der Waals surface area contributed by atoms with Gasteiger partial charge in [-0.25, -0.2) is 4.98 Å². The van der Waals surface area contributed by atoms with Gasteiger partial charge >= 0.3 is 0 Å². The number of rotatable bonds is 5. The number of fused-ring (bicyclic) bond motifs is 1. The van der Waals surface area contributed by atoms with Gasteiger partial charge < -0.3 is 14.7 Å². The topological polar surface area (TPSA) is 84.1 Å². The van der Waals surface area contributed by atoms with Gasteiger partial charge in [-0.3, -0.25) is 4.79 Å². The first-order valence-electron chi connectivity index (χ1n) is 10.7. The van der Waals surface area contributed by atoms with Crippen LogP contribution in [0, 0.1) is 18.8 Å². The lowest BCUT2D eigenvalue weighted by molar-refractivity contribution is -0.121. The summed E-state index contributed by atoms with van der Waals surface area (Å²) in [5.41, 5.74) is 1.35. The Morgan fingerprint density at radius 2 is 1.89 bits per heavy atom. The molecule has 0 radical (unpaired) electrons. The first kappa shape index (κ1) is 19.2. The minimum absolute atomic E-state index is 0.0890. The van der Waals surface area contributed by atoms with E-state index in [4.69, 9.17) is 9.51 Å². The van der Waals surface area contributed by atoms with E-state index in [0.717, 1.165) is 42.8 Å². The number of carbonyl (C=O) groups is 1. The minimum atomic E-state index is 0.0890. The van der Waals surface area contributed by atoms with Crippen LogP contribution in [0.1, 0.15) is 63.9 Å². The fourth-order valence-electron chi connectivity index (χ4n) is 4.78. The van der Waals surface area contributed by atoms with E-state index >= 15 is 0 Å². The van der Waals surface area contributed by atoms with Crippen molar-refractivity contribution in [3.8, 4) is 0 Å². The van der Waals surface area contributed by atoms with Crippen molar-refractivity contribution < 1.29 is 9.32 Å². The highest BCUT2D eigenvalue weighted by Crippen LogP contribution is 2.32. The van der Waals surface area contributed by atoms with Crippen molar-refractivity contribution in [2.24, 2.45) is 11.8 Å². The number of hydrogen-bond donors (Lipinski definition) is 1. The Hall–Kier alpha value is -2.18. The van der Waals surface area contributed by atoms with Crippen molar-refractivity contribution in [1.82, 2.24) is 20.4 Å². The molecule has 2 atom stereocenters. The molecule has 0 unspecified atom stereocenters. The van der Waals surface area contributed by atoms with E-state index in [0.29, 0.717) is 42.3 Å². The highest BCUT2D eigenvalue weighted by molar-refractivity contribution is 5.88. The van der Waals surface area contributed by atoms with Gasteiger partial charge in [0.25, 0.3) is 5.71 Å². The van der Waals surface area contributed by atoms with Crippen molar-refractivity contribution in [3.05, 3.63) is 11.5 Å². The molecule has 2 aromatic heterocycles. The number of aromatic nitrogens is 3. The molecule has 1 saturated heterocycles. The second-order valence-corrected chi connectivity index (χ2v) is 8.81. The summed E-state index contributed by atoms with van der Waals surface area (Å²) in [4.78, 5) is 24.1. The molecular weight excluding hydrogens is 354 g/mol. The number of nitrogens with one attached hydrogen (secondary N) is 1. The molecule has 0 bridgehead atoms. The molecule has 152 valence electrons. The Bertz CT molecular complexity index is 833. The van der Waals surface area contributed by atoms with Crippen LogP contribution in [-0.4, -0.2) is 40.2 Å². The number of nitrogens with zero attached hydrogens (tertiary/aromatic N) is 4. The Labute approximate surface area is 166 Å². The average molecular weight is 386 g/mol. The van der Waals surface area contributed by atoms with E-state index in [1.165, 1.54) is 19.3 Å². The first-order chi connectivity index (χ1) is 13.5. The summed E-state index contributed by atoms with van der Waals surface area (Å²) in [6, 6.07) is 0.347. The largest absolute Gasteiger partial charge is 0.355 e. The standard InChI is InChI=1S/C21H31N5O2/c1-13-10-14(2)12-26(11-13)20-19-15(3)25-28-21(19)24-17(23-20)8-9-18(27)22-16-6-4-5-7-16/h13-14,16H,4-12H2,1-3H3,(H,22,27)/t13-,14-/m1/s1. The molecule has 2 aliphatic rings. The van der Waals surface area contributed by atoms with Crippen LogP contribution in [-0.2, 0) is 11.2 Å².